The van der Waals surface area contributed by atoms with Crippen LogP contribution in [0.1, 0.15) is 53.3 Å². The lowest BCUT2D eigenvalue weighted by molar-refractivity contribution is 0.0935. The highest BCUT2D eigenvalue weighted by Crippen LogP contribution is 2.44. The van der Waals surface area contributed by atoms with Crippen molar-refractivity contribution >= 4 is 15.7 Å². The number of amides is 1. The molecule has 1 aromatic heterocycles. The minimum absolute atomic E-state index is 0.0123. The zero-order valence-corrected chi connectivity index (χ0v) is 18.4. The van der Waals surface area contributed by atoms with E-state index in [-0.39, 0.29) is 11.9 Å². The zero-order chi connectivity index (χ0) is 21.9. The first-order valence-electron chi connectivity index (χ1n) is 9.89. The molecule has 7 nitrogen and oxygen atoms in total. The minimum Gasteiger partial charge on any atom is -0.482 e. The molecule has 1 fully saturated rings. The third-order valence-corrected chi connectivity index (χ3v) is 5.56. The van der Waals surface area contributed by atoms with Gasteiger partial charge in [0.15, 0.2) is 15.6 Å². The van der Waals surface area contributed by atoms with Crippen LogP contribution < -0.4 is 10.1 Å². The molecule has 0 radical (unpaired) electrons. The summed E-state index contributed by atoms with van der Waals surface area (Å²) in [4.78, 5) is 20.8. The predicted octanol–water partition coefficient (Wildman–Crippen LogP) is 3.30. The Morgan fingerprint density at radius 2 is 1.97 bits per heavy atom. The van der Waals surface area contributed by atoms with Gasteiger partial charge in [-0.05, 0) is 44.7 Å². The normalized spacial score (nSPS) is 16.3. The average molecular weight is 430 g/mol. The molecule has 1 heterocycles. The SMILES string of the molecule is Cc1ccccc1[C@H](Oc1cnc(C(=O)N[C@H](C)/C=C/S(C)(=O)=O)nc1C)C1CC1. The monoisotopic (exact) mass is 429 g/mol. The van der Waals surface area contributed by atoms with Crippen molar-refractivity contribution in [3.63, 3.8) is 0 Å². The van der Waals surface area contributed by atoms with Gasteiger partial charge in [-0.2, -0.15) is 0 Å². The molecule has 1 aliphatic rings. The molecule has 30 heavy (non-hydrogen) atoms. The topological polar surface area (TPSA) is 98.2 Å². The average Bonchev–Trinajstić information content (AvgIpc) is 3.51. The van der Waals surface area contributed by atoms with Crippen LogP contribution in [0.2, 0.25) is 0 Å². The van der Waals surface area contributed by atoms with Gasteiger partial charge in [-0.3, -0.25) is 4.79 Å². The second-order valence-corrected chi connectivity index (χ2v) is 9.73. The van der Waals surface area contributed by atoms with Crippen molar-refractivity contribution in [3.05, 3.63) is 64.6 Å². The number of nitrogens with one attached hydrogen (secondary N) is 1. The molecule has 0 unspecified atom stereocenters. The quantitative estimate of drug-likeness (QED) is 0.691. The van der Waals surface area contributed by atoms with Crippen LogP contribution in [0.4, 0.5) is 0 Å². The summed E-state index contributed by atoms with van der Waals surface area (Å²) >= 11 is 0. The maximum atomic E-state index is 12.4. The first kappa shape index (κ1) is 22.0. The van der Waals surface area contributed by atoms with Gasteiger partial charge >= 0.3 is 0 Å². The highest BCUT2D eigenvalue weighted by molar-refractivity contribution is 7.93. The highest BCUT2D eigenvalue weighted by atomic mass is 32.2. The first-order valence-corrected chi connectivity index (χ1v) is 11.8. The van der Waals surface area contributed by atoms with Crippen LogP contribution in [0.3, 0.4) is 0 Å². The Morgan fingerprint density at radius 1 is 1.27 bits per heavy atom. The van der Waals surface area contributed by atoms with Gasteiger partial charge in [-0.25, -0.2) is 18.4 Å². The number of benzene rings is 1. The Hall–Kier alpha value is -2.74. The molecule has 0 aliphatic heterocycles. The molecule has 1 saturated carbocycles. The van der Waals surface area contributed by atoms with Crippen LogP contribution >= 0.6 is 0 Å². The minimum atomic E-state index is -3.25. The van der Waals surface area contributed by atoms with Crippen LogP contribution in [0, 0.1) is 19.8 Å². The van der Waals surface area contributed by atoms with Gasteiger partial charge in [0, 0.05) is 23.6 Å². The number of hydrogen-bond donors (Lipinski definition) is 1. The van der Waals surface area contributed by atoms with Gasteiger partial charge < -0.3 is 10.1 Å². The number of carbonyl (C=O) groups is 1. The smallest absolute Gasteiger partial charge is 0.289 e. The second-order valence-electron chi connectivity index (χ2n) is 7.80. The molecule has 8 heteroatoms. The van der Waals surface area contributed by atoms with E-state index in [2.05, 4.69) is 34.3 Å². The Balaban J connectivity index is 1.72. The number of sulfone groups is 1. The summed E-state index contributed by atoms with van der Waals surface area (Å²) in [5, 5.41) is 3.72. The number of rotatable bonds is 8. The number of carbonyl (C=O) groups excluding carboxylic acids is 1. The van der Waals surface area contributed by atoms with Crippen LogP contribution in [0.15, 0.2) is 41.9 Å². The van der Waals surface area contributed by atoms with Crippen LogP contribution in [0.25, 0.3) is 0 Å². The first-order chi connectivity index (χ1) is 14.1. The molecule has 2 atom stereocenters. The number of ether oxygens (including phenoxy) is 1. The molecular formula is C22H27N3O4S. The summed E-state index contributed by atoms with van der Waals surface area (Å²) in [5.74, 6) is 0.555. The lowest BCUT2D eigenvalue weighted by Crippen LogP contribution is -2.32. The van der Waals surface area contributed by atoms with E-state index in [4.69, 9.17) is 4.74 Å². The highest BCUT2D eigenvalue weighted by Gasteiger charge is 2.35. The third-order valence-electron chi connectivity index (χ3n) is 4.91. The molecule has 1 N–H and O–H groups in total. The van der Waals surface area contributed by atoms with E-state index in [0.717, 1.165) is 30.1 Å². The van der Waals surface area contributed by atoms with Crippen molar-refractivity contribution in [2.45, 2.75) is 45.8 Å². The molecule has 1 amide bonds. The largest absolute Gasteiger partial charge is 0.482 e. The van der Waals surface area contributed by atoms with E-state index in [1.54, 1.807) is 13.8 Å². The number of aryl methyl sites for hydroxylation is 2. The van der Waals surface area contributed by atoms with E-state index in [1.165, 1.54) is 17.8 Å². The van der Waals surface area contributed by atoms with Crippen molar-refractivity contribution in [1.29, 1.82) is 0 Å². The fourth-order valence-corrected chi connectivity index (χ4v) is 3.64. The summed E-state index contributed by atoms with van der Waals surface area (Å²) in [6, 6.07) is 7.70. The molecule has 0 spiro atoms. The van der Waals surface area contributed by atoms with E-state index in [1.807, 2.05) is 12.1 Å². The Kier molecular flexibility index (Phi) is 6.55. The molecule has 3 rings (SSSR count). The second kappa shape index (κ2) is 8.95. The van der Waals surface area contributed by atoms with Gasteiger partial charge in [-0.1, -0.05) is 30.3 Å². The van der Waals surface area contributed by atoms with E-state index in [9.17, 15) is 13.2 Å². The number of aromatic nitrogens is 2. The van der Waals surface area contributed by atoms with Crippen LogP contribution in [-0.4, -0.2) is 36.6 Å². The van der Waals surface area contributed by atoms with Gasteiger partial charge in [0.05, 0.1) is 11.9 Å². The zero-order valence-electron chi connectivity index (χ0n) is 17.6. The molecular weight excluding hydrogens is 402 g/mol. The van der Waals surface area contributed by atoms with Crippen molar-refractivity contribution in [2.75, 3.05) is 6.26 Å². The molecule has 1 aromatic carbocycles. The van der Waals surface area contributed by atoms with Crippen LogP contribution in [-0.2, 0) is 9.84 Å². The maximum absolute atomic E-state index is 12.4. The Labute approximate surface area is 177 Å². The van der Waals surface area contributed by atoms with Crippen molar-refractivity contribution < 1.29 is 17.9 Å². The predicted molar refractivity (Wildman–Crippen MR) is 115 cm³/mol. The fourth-order valence-electron chi connectivity index (χ4n) is 3.12. The lowest BCUT2D eigenvalue weighted by atomic mass is 10.00. The summed E-state index contributed by atoms with van der Waals surface area (Å²) in [6.45, 7) is 5.53. The third kappa shape index (κ3) is 5.89. The number of nitrogens with zero attached hydrogens (tertiary/aromatic N) is 2. The van der Waals surface area contributed by atoms with Crippen LogP contribution in [0.5, 0.6) is 5.75 Å². The molecule has 1 aliphatic carbocycles. The summed E-state index contributed by atoms with van der Waals surface area (Å²) in [6.07, 6.45) is 6.21. The van der Waals surface area contributed by atoms with Crippen molar-refractivity contribution in [3.8, 4) is 5.75 Å². The summed E-state index contributed by atoms with van der Waals surface area (Å²) in [7, 11) is -3.25. The van der Waals surface area contributed by atoms with Gasteiger partial charge in [-0.15, -0.1) is 0 Å². The molecule has 160 valence electrons. The van der Waals surface area contributed by atoms with Gasteiger partial charge in [0.25, 0.3) is 5.91 Å². The summed E-state index contributed by atoms with van der Waals surface area (Å²) in [5.41, 5.74) is 2.92. The molecule has 0 saturated heterocycles. The van der Waals surface area contributed by atoms with E-state index >= 15 is 0 Å². The number of hydrogen-bond acceptors (Lipinski definition) is 6. The van der Waals surface area contributed by atoms with E-state index < -0.39 is 21.8 Å². The van der Waals surface area contributed by atoms with Crippen molar-refractivity contribution in [1.82, 2.24) is 15.3 Å². The summed E-state index contributed by atoms with van der Waals surface area (Å²) < 4.78 is 28.7. The van der Waals surface area contributed by atoms with Crippen molar-refractivity contribution in [2.24, 2.45) is 5.92 Å². The Bertz CT molecular complexity index is 1060. The van der Waals surface area contributed by atoms with Gasteiger partial charge in [0.1, 0.15) is 6.10 Å². The Morgan fingerprint density at radius 3 is 2.57 bits per heavy atom. The standard InChI is InChI=1S/C22H27N3O4S/c1-14-7-5-6-8-18(14)20(17-9-10-17)29-19-13-23-21(25-16(19)3)22(26)24-15(2)11-12-30(4,27)28/h5-8,11-13,15,17,20H,9-10H2,1-4H3,(H,24,26)/b12-11+/t15-,20-/m1/s1. The maximum Gasteiger partial charge on any atom is 0.289 e. The molecule has 2 aromatic rings. The lowest BCUT2D eigenvalue weighted by Gasteiger charge is -2.21. The van der Waals surface area contributed by atoms with E-state index in [0.29, 0.717) is 17.4 Å². The van der Waals surface area contributed by atoms with Gasteiger partial charge in [0.2, 0.25) is 5.82 Å². The fraction of sp³-hybridized carbons (Fsp3) is 0.409. The molecule has 0 bridgehead atoms.